The van der Waals surface area contributed by atoms with Gasteiger partial charge in [0.2, 0.25) is 11.8 Å². The van der Waals surface area contributed by atoms with E-state index in [1.807, 2.05) is 35.7 Å². The van der Waals surface area contributed by atoms with Gasteiger partial charge in [0.25, 0.3) is 0 Å². The molecule has 1 N–H and O–H groups in total. The average molecular weight is 342 g/mol. The third-order valence-corrected chi connectivity index (χ3v) is 5.37. The predicted octanol–water partition coefficient (Wildman–Crippen LogP) is 3.02. The number of aryl methyl sites for hydroxylation is 1. The molecule has 2 amide bonds. The number of hydrogen-bond donors (Lipinski definition) is 1. The molecule has 1 aliphatic rings. The summed E-state index contributed by atoms with van der Waals surface area (Å²) >= 11 is 1.68. The van der Waals surface area contributed by atoms with Crippen LogP contribution in [0.4, 0.5) is 5.69 Å². The van der Waals surface area contributed by atoms with E-state index in [-0.39, 0.29) is 11.8 Å². The van der Waals surface area contributed by atoms with Gasteiger partial charge in [0.15, 0.2) is 0 Å². The van der Waals surface area contributed by atoms with Crippen molar-refractivity contribution in [3.63, 3.8) is 0 Å². The molecule has 0 spiro atoms. The fraction of sp³-hybridized carbons (Fsp3) is 0.368. The molecule has 1 fully saturated rings. The molecule has 0 bridgehead atoms. The first-order valence-electron chi connectivity index (χ1n) is 8.39. The molecule has 0 aliphatic carbocycles. The average Bonchev–Trinajstić information content (AvgIpc) is 3.24. The second-order valence-electron chi connectivity index (χ2n) is 5.97. The first-order chi connectivity index (χ1) is 11.7. The van der Waals surface area contributed by atoms with Crippen molar-refractivity contribution in [2.24, 2.45) is 5.92 Å². The summed E-state index contributed by atoms with van der Waals surface area (Å²) in [4.78, 5) is 27.8. The van der Waals surface area contributed by atoms with Crippen LogP contribution in [0, 0.1) is 5.92 Å². The Labute approximate surface area is 146 Å². The van der Waals surface area contributed by atoms with Crippen LogP contribution in [0.15, 0.2) is 41.8 Å². The second-order valence-corrected chi connectivity index (χ2v) is 7.00. The van der Waals surface area contributed by atoms with E-state index >= 15 is 0 Å². The van der Waals surface area contributed by atoms with Crippen molar-refractivity contribution >= 4 is 28.8 Å². The van der Waals surface area contributed by atoms with Gasteiger partial charge < -0.3 is 10.2 Å². The smallest absolute Gasteiger partial charge is 0.239 e. The maximum atomic E-state index is 12.6. The van der Waals surface area contributed by atoms with E-state index in [1.54, 1.807) is 16.2 Å². The van der Waals surface area contributed by atoms with Gasteiger partial charge in [-0.2, -0.15) is 0 Å². The maximum absolute atomic E-state index is 12.6. The highest BCUT2D eigenvalue weighted by Crippen LogP contribution is 2.25. The molecule has 24 heavy (non-hydrogen) atoms. The molecule has 4 nitrogen and oxygen atoms in total. The lowest BCUT2D eigenvalue weighted by Gasteiger charge is -2.17. The van der Waals surface area contributed by atoms with E-state index in [0.29, 0.717) is 19.5 Å². The highest BCUT2D eigenvalue weighted by molar-refractivity contribution is 7.09. The van der Waals surface area contributed by atoms with Gasteiger partial charge in [-0.25, -0.2) is 0 Å². The number of rotatable bonds is 6. The summed E-state index contributed by atoms with van der Waals surface area (Å²) in [5.41, 5.74) is 2.12. The predicted molar refractivity (Wildman–Crippen MR) is 97.3 cm³/mol. The Morgan fingerprint density at radius 3 is 2.75 bits per heavy atom. The Kier molecular flexibility index (Phi) is 5.30. The van der Waals surface area contributed by atoms with Gasteiger partial charge in [-0.1, -0.05) is 25.1 Å². The third-order valence-electron chi connectivity index (χ3n) is 4.43. The molecule has 3 rings (SSSR count). The van der Waals surface area contributed by atoms with Gasteiger partial charge in [-0.15, -0.1) is 11.3 Å². The van der Waals surface area contributed by atoms with Crippen molar-refractivity contribution in [3.8, 4) is 0 Å². The summed E-state index contributed by atoms with van der Waals surface area (Å²) in [7, 11) is 0. The first kappa shape index (κ1) is 16.7. The molecular weight excluding hydrogens is 320 g/mol. The lowest BCUT2D eigenvalue weighted by atomic mass is 10.1. The number of hydrogen-bond acceptors (Lipinski definition) is 3. The fourth-order valence-electron chi connectivity index (χ4n) is 2.98. The largest absolute Gasteiger partial charge is 0.355 e. The summed E-state index contributed by atoms with van der Waals surface area (Å²) in [6, 6.07) is 12.1. The molecule has 1 aromatic heterocycles. The summed E-state index contributed by atoms with van der Waals surface area (Å²) < 4.78 is 0. The lowest BCUT2D eigenvalue weighted by molar-refractivity contribution is -0.132. The van der Waals surface area contributed by atoms with E-state index in [0.717, 1.165) is 18.5 Å². The van der Waals surface area contributed by atoms with Crippen LogP contribution >= 0.6 is 11.3 Å². The van der Waals surface area contributed by atoms with Crippen LogP contribution in [0.3, 0.4) is 0 Å². The van der Waals surface area contributed by atoms with Gasteiger partial charge in [0.05, 0.1) is 0 Å². The Morgan fingerprint density at radius 2 is 2.08 bits per heavy atom. The Bertz CT molecular complexity index is 695. The highest BCUT2D eigenvalue weighted by Gasteiger charge is 2.37. The SMILES string of the molecule is CCc1ccc(N2CC[C@@H](C(=O)NCCc3cccs3)C2=O)cc1. The van der Waals surface area contributed by atoms with Crippen molar-refractivity contribution in [3.05, 3.63) is 52.2 Å². The van der Waals surface area contributed by atoms with Crippen LogP contribution < -0.4 is 10.2 Å². The third kappa shape index (κ3) is 3.67. The molecular formula is C19H22N2O2S. The topological polar surface area (TPSA) is 49.4 Å². The minimum absolute atomic E-state index is 0.0899. The molecule has 1 aromatic carbocycles. The quantitative estimate of drug-likeness (QED) is 0.821. The number of carbonyl (C=O) groups is 2. The van der Waals surface area contributed by atoms with Crippen LogP contribution in [0.25, 0.3) is 0 Å². The van der Waals surface area contributed by atoms with E-state index < -0.39 is 5.92 Å². The molecule has 0 saturated carbocycles. The van der Waals surface area contributed by atoms with Crippen molar-refractivity contribution in [2.45, 2.75) is 26.2 Å². The van der Waals surface area contributed by atoms with Crippen LogP contribution in [0.5, 0.6) is 0 Å². The summed E-state index contributed by atoms with van der Waals surface area (Å²) in [5.74, 6) is -0.795. The molecule has 0 unspecified atom stereocenters. The zero-order valence-electron chi connectivity index (χ0n) is 13.8. The standard InChI is InChI=1S/C19H22N2O2S/c1-2-14-5-7-15(8-6-14)21-12-10-17(19(21)23)18(22)20-11-9-16-4-3-13-24-16/h3-8,13,17H,2,9-12H2,1H3,(H,20,22)/t17-/m0/s1. The van der Waals surface area contributed by atoms with Gasteiger partial charge in [-0.3, -0.25) is 9.59 Å². The van der Waals surface area contributed by atoms with E-state index in [4.69, 9.17) is 0 Å². The normalized spacial score (nSPS) is 17.3. The fourth-order valence-corrected chi connectivity index (χ4v) is 3.69. The minimum atomic E-state index is -0.556. The molecule has 1 atom stereocenters. The van der Waals surface area contributed by atoms with E-state index in [9.17, 15) is 9.59 Å². The van der Waals surface area contributed by atoms with Gasteiger partial charge in [0, 0.05) is 23.7 Å². The number of benzene rings is 1. The first-order valence-corrected chi connectivity index (χ1v) is 9.27. The zero-order valence-corrected chi connectivity index (χ0v) is 14.6. The Balaban J connectivity index is 1.55. The van der Waals surface area contributed by atoms with Crippen molar-refractivity contribution < 1.29 is 9.59 Å². The molecule has 1 aliphatic heterocycles. The molecule has 0 radical (unpaired) electrons. The van der Waals surface area contributed by atoms with Crippen LogP contribution in [-0.4, -0.2) is 24.9 Å². The van der Waals surface area contributed by atoms with Gasteiger partial charge >= 0.3 is 0 Å². The molecule has 5 heteroatoms. The van der Waals surface area contributed by atoms with E-state index in [2.05, 4.69) is 18.3 Å². The van der Waals surface area contributed by atoms with Crippen LogP contribution in [-0.2, 0) is 22.4 Å². The number of nitrogens with zero attached hydrogens (tertiary/aromatic N) is 1. The van der Waals surface area contributed by atoms with E-state index in [1.165, 1.54) is 10.4 Å². The van der Waals surface area contributed by atoms with Crippen molar-refractivity contribution in [2.75, 3.05) is 18.0 Å². The van der Waals surface area contributed by atoms with Crippen LogP contribution in [0.1, 0.15) is 23.8 Å². The molecule has 126 valence electrons. The minimum Gasteiger partial charge on any atom is -0.355 e. The highest BCUT2D eigenvalue weighted by atomic mass is 32.1. The van der Waals surface area contributed by atoms with Crippen molar-refractivity contribution in [1.29, 1.82) is 0 Å². The number of nitrogens with one attached hydrogen (secondary N) is 1. The number of anilines is 1. The van der Waals surface area contributed by atoms with Crippen molar-refractivity contribution in [1.82, 2.24) is 5.32 Å². The number of thiophene rings is 1. The summed E-state index contributed by atoms with van der Waals surface area (Å²) in [6.45, 7) is 3.29. The number of carbonyl (C=O) groups excluding carboxylic acids is 2. The van der Waals surface area contributed by atoms with Gasteiger partial charge in [0.1, 0.15) is 5.92 Å². The Morgan fingerprint density at radius 1 is 1.29 bits per heavy atom. The molecule has 2 heterocycles. The van der Waals surface area contributed by atoms with Crippen LogP contribution in [0.2, 0.25) is 0 Å². The van der Waals surface area contributed by atoms with Gasteiger partial charge in [-0.05, 0) is 48.4 Å². The molecule has 2 aromatic rings. The second kappa shape index (κ2) is 7.62. The number of amides is 2. The summed E-state index contributed by atoms with van der Waals surface area (Å²) in [6.07, 6.45) is 2.37. The monoisotopic (exact) mass is 342 g/mol. The lowest BCUT2D eigenvalue weighted by Crippen LogP contribution is -2.37. The maximum Gasteiger partial charge on any atom is 0.239 e. The summed E-state index contributed by atoms with van der Waals surface area (Å²) in [5, 5.41) is 4.93. The Hall–Kier alpha value is -2.14. The molecule has 1 saturated heterocycles. The zero-order chi connectivity index (χ0) is 16.9.